The largest absolute Gasteiger partial charge is 0.496 e. The first kappa shape index (κ1) is 26.8. The third-order valence-corrected chi connectivity index (χ3v) is 6.66. The summed E-state index contributed by atoms with van der Waals surface area (Å²) in [6.07, 6.45) is 0.647. The van der Waals surface area contributed by atoms with Gasteiger partial charge in [0.15, 0.2) is 0 Å². The number of nitrogens with one attached hydrogen (secondary N) is 1. The van der Waals surface area contributed by atoms with Crippen LogP contribution in [0.25, 0.3) is 11.0 Å². The van der Waals surface area contributed by atoms with Crippen LogP contribution in [0.4, 0.5) is 4.39 Å². The van der Waals surface area contributed by atoms with Crippen LogP contribution in [-0.2, 0) is 22.7 Å². The molecule has 0 aliphatic heterocycles. The molecular formula is C29H32FN5O3. The third-order valence-electron chi connectivity index (χ3n) is 6.66. The van der Waals surface area contributed by atoms with Crippen LogP contribution in [0.2, 0.25) is 0 Å². The summed E-state index contributed by atoms with van der Waals surface area (Å²) in [4.78, 5) is 29.2. The minimum Gasteiger partial charge on any atom is -0.496 e. The van der Waals surface area contributed by atoms with Crippen molar-refractivity contribution in [3.05, 3.63) is 89.7 Å². The lowest BCUT2D eigenvalue weighted by atomic mass is 9.98. The van der Waals surface area contributed by atoms with E-state index in [-0.39, 0.29) is 18.7 Å². The molecule has 8 nitrogen and oxygen atoms in total. The number of rotatable bonds is 10. The summed E-state index contributed by atoms with van der Waals surface area (Å²) in [5, 5.41) is 11.3. The number of carbonyl (C=O) groups is 2. The van der Waals surface area contributed by atoms with Crippen molar-refractivity contribution in [2.75, 3.05) is 7.11 Å². The second-order valence-electron chi connectivity index (χ2n) is 9.72. The van der Waals surface area contributed by atoms with Crippen molar-refractivity contribution in [1.29, 1.82) is 0 Å². The van der Waals surface area contributed by atoms with Crippen LogP contribution in [-0.4, -0.2) is 44.4 Å². The van der Waals surface area contributed by atoms with Crippen molar-refractivity contribution < 1.29 is 18.7 Å². The van der Waals surface area contributed by atoms with Crippen molar-refractivity contribution in [2.24, 2.45) is 0 Å². The maximum atomic E-state index is 15.2. The van der Waals surface area contributed by atoms with E-state index in [0.717, 1.165) is 0 Å². The molecule has 0 radical (unpaired) electrons. The van der Waals surface area contributed by atoms with Crippen molar-refractivity contribution >= 4 is 22.8 Å². The zero-order chi connectivity index (χ0) is 27.3. The Balaban J connectivity index is 1.81. The number of methoxy groups -OCH3 is 1. The number of amides is 2. The summed E-state index contributed by atoms with van der Waals surface area (Å²) in [5.41, 5.74) is 1.53. The van der Waals surface area contributed by atoms with E-state index in [9.17, 15) is 9.59 Å². The van der Waals surface area contributed by atoms with Gasteiger partial charge in [-0.2, -0.15) is 0 Å². The van der Waals surface area contributed by atoms with Gasteiger partial charge in [-0.3, -0.25) is 9.59 Å². The Hall–Kier alpha value is -4.27. The molecule has 0 saturated heterocycles. The minimum absolute atomic E-state index is 0.00838. The first-order valence-corrected chi connectivity index (χ1v) is 12.5. The van der Waals surface area contributed by atoms with E-state index in [4.69, 9.17) is 4.74 Å². The first-order chi connectivity index (χ1) is 18.2. The minimum atomic E-state index is -1.24. The smallest absolute Gasteiger partial charge is 0.247 e. The Morgan fingerprint density at radius 3 is 2.47 bits per heavy atom. The summed E-state index contributed by atoms with van der Waals surface area (Å²) in [6, 6.07) is 19.3. The van der Waals surface area contributed by atoms with E-state index >= 15 is 4.39 Å². The fourth-order valence-corrected chi connectivity index (χ4v) is 4.23. The van der Waals surface area contributed by atoms with Crippen LogP contribution in [0.5, 0.6) is 5.75 Å². The highest BCUT2D eigenvalue weighted by Crippen LogP contribution is 2.30. The molecule has 0 fully saturated rings. The highest BCUT2D eigenvalue weighted by molar-refractivity contribution is 5.89. The summed E-state index contributed by atoms with van der Waals surface area (Å²) in [7, 11) is 1.54. The molecule has 0 spiro atoms. The number of hydrogen-bond donors (Lipinski definition) is 1. The molecule has 4 rings (SSSR count). The van der Waals surface area contributed by atoms with Gasteiger partial charge in [-0.1, -0.05) is 60.7 Å². The van der Waals surface area contributed by atoms with Crippen LogP contribution in [0.1, 0.15) is 44.4 Å². The molecule has 0 bridgehead atoms. The van der Waals surface area contributed by atoms with Gasteiger partial charge in [0.2, 0.25) is 11.8 Å². The predicted octanol–water partition coefficient (Wildman–Crippen LogP) is 4.65. The number of fused-ring (bicyclic) bond motifs is 1. The van der Waals surface area contributed by atoms with Gasteiger partial charge in [0.25, 0.3) is 0 Å². The van der Waals surface area contributed by atoms with Crippen molar-refractivity contribution in [3.8, 4) is 5.75 Å². The Labute approximate surface area is 221 Å². The Kier molecular flexibility index (Phi) is 8.05. The molecule has 38 heavy (non-hydrogen) atoms. The van der Waals surface area contributed by atoms with Crippen LogP contribution in [0, 0.1) is 5.82 Å². The number of para-hydroxylation sites is 2. The fraction of sp³-hybridized carbons (Fsp3) is 0.310. The van der Waals surface area contributed by atoms with E-state index in [2.05, 4.69) is 15.6 Å². The second kappa shape index (κ2) is 11.4. The topological polar surface area (TPSA) is 89.4 Å². The van der Waals surface area contributed by atoms with Crippen molar-refractivity contribution in [2.45, 2.75) is 51.9 Å². The summed E-state index contributed by atoms with van der Waals surface area (Å²) in [5.74, 6) is -0.929. The van der Waals surface area contributed by atoms with Crippen LogP contribution in [0.3, 0.4) is 0 Å². The van der Waals surface area contributed by atoms with Crippen LogP contribution in [0.15, 0.2) is 72.8 Å². The molecule has 1 N–H and O–H groups in total. The average molecular weight is 518 g/mol. The number of nitrogens with zero attached hydrogens (tertiary/aromatic N) is 4. The molecule has 1 aromatic heterocycles. The predicted molar refractivity (Wildman–Crippen MR) is 143 cm³/mol. The lowest BCUT2D eigenvalue weighted by molar-refractivity contribution is -0.143. The standard InChI is InChI=1S/C29H32FN5O3/c1-5-29(2,3)31-28(37)27(21-13-7-8-14-22(21)30)34(18-20-12-6-11-17-25(20)38-4)26(36)19-35-24-16-10-9-15-23(24)32-33-35/h6-17,27H,5,18-19H2,1-4H3,(H,31,37). The van der Waals surface area contributed by atoms with Crippen molar-refractivity contribution in [3.63, 3.8) is 0 Å². The maximum Gasteiger partial charge on any atom is 0.247 e. The number of aromatic nitrogens is 3. The molecule has 2 amide bonds. The summed E-state index contributed by atoms with van der Waals surface area (Å²) >= 11 is 0. The molecule has 9 heteroatoms. The van der Waals surface area contributed by atoms with E-state index in [1.807, 2.05) is 57.2 Å². The second-order valence-corrected chi connectivity index (χ2v) is 9.72. The Morgan fingerprint density at radius 2 is 1.74 bits per heavy atom. The van der Waals surface area contributed by atoms with Crippen LogP contribution >= 0.6 is 0 Å². The monoisotopic (exact) mass is 517 g/mol. The Bertz CT molecular complexity index is 1430. The molecule has 1 unspecified atom stereocenters. The number of halogens is 1. The summed E-state index contributed by atoms with van der Waals surface area (Å²) < 4.78 is 22.2. The van der Waals surface area contributed by atoms with Gasteiger partial charge in [0, 0.05) is 16.7 Å². The third kappa shape index (κ3) is 5.82. The average Bonchev–Trinajstić information content (AvgIpc) is 3.32. The highest BCUT2D eigenvalue weighted by atomic mass is 19.1. The molecule has 3 aromatic carbocycles. The molecule has 1 heterocycles. The first-order valence-electron chi connectivity index (χ1n) is 12.5. The Morgan fingerprint density at radius 1 is 1.05 bits per heavy atom. The number of hydrogen-bond acceptors (Lipinski definition) is 5. The van der Waals surface area contributed by atoms with Gasteiger partial charge < -0.3 is 15.0 Å². The fourth-order valence-electron chi connectivity index (χ4n) is 4.23. The lowest BCUT2D eigenvalue weighted by Gasteiger charge is -2.35. The zero-order valence-electron chi connectivity index (χ0n) is 22.0. The van der Waals surface area contributed by atoms with Gasteiger partial charge in [0.05, 0.1) is 19.2 Å². The molecule has 4 aromatic rings. The van der Waals surface area contributed by atoms with Crippen LogP contribution < -0.4 is 10.1 Å². The van der Waals surface area contributed by atoms with E-state index in [0.29, 0.717) is 28.8 Å². The maximum absolute atomic E-state index is 15.2. The number of ether oxygens (including phenoxy) is 1. The normalized spacial score (nSPS) is 12.2. The molecule has 0 aliphatic rings. The van der Waals surface area contributed by atoms with Gasteiger partial charge in [-0.15, -0.1) is 5.10 Å². The van der Waals surface area contributed by atoms with Gasteiger partial charge >= 0.3 is 0 Å². The van der Waals surface area contributed by atoms with Gasteiger partial charge in [-0.25, -0.2) is 9.07 Å². The van der Waals surface area contributed by atoms with E-state index in [1.165, 1.54) is 28.8 Å². The highest BCUT2D eigenvalue weighted by Gasteiger charge is 2.36. The lowest BCUT2D eigenvalue weighted by Crippen LogP contribution is -2.50. The molecule has 1 atom stereocenters. The van der Waals surface area contributed by atoms with Gasteiger partial charge in [-0.05, 0) is 44.5 Å². The molecule has 0 aliphatic carbocycles. The molecule has 0 saturated carbocycles. The quantitative estimate of drug-likeness (QED) is 0.331. The van der Waals surface area contributed by atoms with E-state index < -0.39 is 29.2 Å². The molecule has 198 valence electrons. The van der Waals surface area contributed by atoms with Gasteiger partial charge in [0.1, 0.15) is 29.7 Å². The summed E-state index contributed by atoms with van der Waals surface area (Å²) in [6.45, 7) is 5.54. The zero-order valence-corrected chi connectivity index (χ0v) is 22.0. The number of carbonyl (C=O) groups excluding carboxylic acids is 2. The molecular weight excluding hydrogens is 485 g/mol. The van der Waals surface area contributed by atoms with Crippen molar-refractivity contribution in [1.82, 2.24) is 25.2 Å². The SMILES string of the molecule is CCC(C)(C)NC(=O)C(c1ccccc1F)N(Cc1ccccc1OC)C(=O)Cn1nnc2ccccc21. The number of benzene rings is 3. The van der Waals surface area contributed by atoms with E-state index in [1.54, 1.807) is 24.3 Å².